The summed E-state index contributed by atoms with van der Waals surface area (Å²) in [6, 6.07) is 16.0. The van der Waals surface area contributed by atoms with Gasteiger partial charge in [0.15, 0.2) is 0 Å². The second-order valence-electron chi connectivity index (χ2n) is 12.9. The number of carbonyl (C=O) groups is 2. The SMILES string of the molecule is COc1nc(-c2cccc(-c3cccc(-c4ccn5c(=O)c(CNCC6CCC(=O)N6)cnc5c4)c3Cl)c2Cl)cc(F)c1CNC[C@@H]1CCC(=O)N1. The number of benzene rings is 2. The van der Waals surface area contributed by atoms with Crippen LogP contribution in [-0.2, 0) is 22.7 Å². The fraction of sp³-hybridized carbons (Fsp3) is 0.289. The highest BCUT2D eigenvalue weighted by Crippen LogP contribution is 2.42. The zero-order valence-electron chi connectivity index (χ0n) is 28.3. The van der Waals surface area contributed by atoms with Gasteiger partial charge >= 0.3 is 0 Å². The van der Waals surface area contributed by atoms with Crippen molar-refractivity contribution < 1.29 is 18.7 Å². The number of nitrogens with one attached hydrogen (secondary N) is 4. The number of hydrogen-bond acceptors (Lipinski definition) is 8. The maximum absolute atomic E-state index is 15.6. The molecule has 0 saturated carbocycles. The van der Waals surface area contributed by atoms with Crippen molar-refractivity contribution in [3.8, 4) is 39.4 Å². The van der Waals surface area contributed by atoms with E-state index in [1.807, 2.05) is 30.3 Å². The molecule has 2 atom stereocenters. The van der Waals surface area contributed by atoms with Crippen molar-refractivity contribution in [1.82, 2.24) is 35.6 Å². The van der Waals surface area contributed by atoms with Gasteiger partial charge in [0.1, 0.15) is 11.5 Å². The summed E-state index contributed by atoms with van der Waals surface area (Å²) < 4.78 is 22.5. The topological polar surface area (TPSA) is 139 Å². The largest absolute Gasteiger partial charge is 0.481 e. The Kier molecular flexibility index (Phi) is 10.5. The third kappa shape index (κ3) is 7.38. The number of amides is 2. The number of fused-ring (bicyclic) bond motifs is 1. The van der Waals surface area contributed by atoms with Gasteiger partial charge in [0.2, 0.25) is 17.7 Å². The minimum absolute atomic E-state index is 0.00389. The van der Waals surface area contributed by atoms with E-state index in [4.69, 9.17) is 27.9 Å². The fourth-order valence-corrected chi connectivity index (χ4v) is 7.36. The van der Waals surface area contributed by atoms with Crippen LogP contribution in [0, 0.1) is 5.82 Å². The zero-order chi connectivity index (χ0) is 36.4. The highest BCUT2D eigenvalue weighted by Gasteiger charge is 2.23. The summed E-state index contributed by atoms with van der Waals surface area (Å²) in [6.07, 6.45) is 5.76. The molecule has 5 heterocycles. The van der Waals surface area contributed by atoms with E-state index < -0.39 is 5.82 Å². The third-order valence-corrected chi connectivity index (χ3v) is 10.3. The van der Waals surface area contributed by atoms with Crippen LogP contribution in [0.4, 0.5) is 4.39 Å². The minimum atomic E-state index is -0.502. The van der Waals surface area contributed by atoms with E-state index >= 15 is 4.39 Å². The minimum Gasteiger partial charge on any atom is -0.481 e. The predicted octanol–water partition coefficient (Wildman–Crippen LogP) is 5.28. The lowest BCUT2D eigenvalue weighted by molar-refractivity contribution is -0.120. The lowest BCUT2D eigenvalue weighted by Crippen LogP contribution is -2.36. The Morgan fingerprint density at radius 1 is 0.865 bits per heavy atom. The van der Waals surface area contributed by atoms with Gasteiger partial charge in [0, 0.05) is 97.4 Å². The number of nitrogens with zero attached hydrogens (tertiary/aromatic N) is 3. The van der Waals surface area contributed by atoms with Crippen molar-refractivity contribution in [1.29, 1.82) is 0 Å². The highest BCUT2D eigenvalue weighted by atomic mass is 35.5. The van der Waals surface area contributed by atoms with Gasteiger partial charge in [-0.15, -0.1) is 0 Å². The molecular weight excluding hydrogens is 708 g/mol. The Morgan fingerprint density at radius 3 is 2.12 bits per heavy atom. The molecule has 5 aromatic rings. The molecule has 2 aromatic carbocycles. The first-order valence-electron chi connectivity index (χ1n) is 17.0. The monoisotopic (exact) mass is 743 g/mol. The number of carbonyl (C=O) groups excluding carboxylic acids is 2. The number of methoxy groups -OCH3 is 1. The zero-order valence-corrected chi connectivity index (χ0v) is 29.8. The molecule has 3 aromatic heterocycles. The van der Waals surface area contributed by atoms with E-state index in [1.54, 1.807) is 30.6 Å². The van der Waals surface area contributed by atoms with Gasteiger partial charge < -0.3 is 26.0 Å². The second-order valence-corrected chi connectivity index (χ2v) is 13.7. The van der Waals surface area contributed by atoms with Crippen LogP contribution >= 0.6 is 23.2 Å². The summed E-state index contributed by atoms with van der Waals surface area (Å²) in [7, 11) is 1.44. The highest BCUT2D eigenvalue weighted by molar-refractivity contribution is 6.39. The van der Waals surface area contributed by atoms with Gasteiger partial charge in [-0.25, -0.2) is 14.4 Å². The molecule has 0 radical (unpaired) electrons. The van der Waals surface area contributed by atoms with E-state index in [-0.39, 0.29) is 47.4 Å². The molecule has 2 aliphatic heterocycles. The second kappa shape index (κ2) is 15.4. The van der Waals surface area contributed by atoms with Gasteiger partial charge in [0.05, 0.1) is 28.4 Å². The molecule has 0 bridgehead atoms. The molecule has 52 heavy (non-hydrogen) atoms. The van der Waals surface area contributed by atoms with Crippen molar-refractivity contribution in [2.75, 3.05) is 20.2 Å². The van der Waals surface area contributed by atoms with Crippen LogP contribution in [0.3, 0.4) is 0 Å². The Bertz CT molecular complexity index is 2250. The number of rotatable bonds is 12. The van der Waals surface area contributed by atoms with Gasteiger partial charge in [-0.1, -0.05) is 59.6 Å². The molecule has 11 nitrogen and oxygen atoms in total. The van der Waals surface area contributed by atoms with E-state index in [0.29, 0.717) is 81.7 Å². The van der Waals surface area contributed by atoms with Crippen LogP contribution in [-0.4, -0.2) is 58.5 Å². The predicted molar refractivity (Wildman–Crippen MR) is 198 cm³/mol. The number of aromatic nitrogens is 3. The smallest absolute Gasteiger partial charge is 0.262 e. The summed E-state index contributed by atoms with van der Waals surface area (Å²) in [5, 5.41) is 13.0. The van der Waals surface area contributed by atoms with Crippen molar-refractivity contribution >= 4 is 40.7 Å². The molecule has 2 fully saturated rings. The van der Waals surface area contributed by atoms with Crippen molar-refractivity contribution in [3.63, 3.8) is 0 Å². The lowest BCUT2D eigenvalue weighted by Gasteiger charge is -2.16. The van der Waals surface area contributed by atoms with E-state index in [9.17, 15) is 14.4 Å². The Labute approximate surface area is 308 Å². The summed E-state index contributed by atoms with van der Waals surface area (Å²) in [6.45, 7) is 1.57. The molecule has 2 saturated heterocycles. The normalized spacial score (nSPS) is 17.1. The van der Waals surface area contributed by atoms with Crippen LogP contribution in [0.1, 0.15) is 36.8 Å². The fourth-order valence-electron chi connectivity index (χ4n) is 6.70. The average molecular weight is 745 g/mol. The maximum Gasteiger partial charge on any atom is 0.262 e. The molecule has 4 N–H and O–H groups in total. The number of hydrogen-bond donors (Lipinski definition) is 4. The van der Waals surface area contributed by atoms with Gasteiger partial charge in [-0.3, -0.25) is 18.8 Å². The average Bonchev–Trinajstić information content (AvgIpc) is 3.76. The summed E-state index contributed by atoms with van der Waals surface area (Å²) in [5.41, 5.74) is 4.60. The van der Waals surface area contributed by atoms with Gasteiger partial charge in [-0.05, 0) is 30.5 Å². The molecule has 14 heteroatoms. The molecule has 7 rings (SSSR count). The summed E-state index contributed by atoms with van der Waals surface area (Å²) in [5.74, 6) is -0.304. The quantitative estimate of drug-likeness (QED) is 0.136. The maximum atomic E-state index is 15.6. The van der Waals surface area contributed by atoms with Crippen LogP contribution in [0.25, 0.3) is 39.2 Å². The Balaban J connectivity index is 1.12. The van der Waals surface area contributed by atoms with Crippen molar-refractivity contribution in [2.24, 2.45) is 0 Å². The molecule has 1 unspecified atom stereocenters. The molecule has 2 amide bonds. The number of ether oxygens (including phenoxy) is 1. The molecule has 2 aliphatic rings. The number of halogens is 3. The molecule has 268 valence electrons. The first-order chi connectivity index (χ1) is 25.2. The van der Waals surface area contributed by atoms with Gasteiger partial charge in [0.25, 0.3) is 5.56 Å². The first-order valence-corrected chi connectivity index (χ1v) is 17.8. The Hall–Kier alpha value is -4.88. The molecular formula is C38H36Cl2FN7O4. The Morgan fingerprint density at radius 2 is 1.48 bits per heavy atom. The lowest BCUT2D eigenvalue weighted by atomic mass is 9.97. The van der Waals surface area contributed by atoms with Crippen LogP contribution in [0.15, 0.2) is 71.8 Å². The standard InChI is InChI=1S/C38H36Cl2FN7O4/c1-52-37-29(20-43-19-24-9-11-34(50)46-24)30(41)15-31(47-37)28-7-3-6-27(36(28)40)26-5-2-4-25(35(26)39)21-12-13-48-32(14-21)44-17-22(38(48)51)16-42-18-23-8-10-33(49)45-23/h2-7,12-15,17,23-24,42-43H,8-11,16,18-20H2,1H3,(H,45,49)(H,46,50)/t23?,24-/m0/s1. The van der Waals surface area contributed by atoms with Crippen molar-refractivity contribution in [3.05, 3.63) is 104 Å². The van der Waals surface area contributed by atoms with Gasteiger partial charge in [-0.2, -0.15) is 0 Å². The molecule has 0 aliphatic carbocycles. The summed E-state index contributed by atoms with van der Waals surface area (Å²) in [4.78, 5) is 45.4. The van der Waals surface area contributed by atoms with Crippen LogP contribution in [0.2, 0.25) is 10.0 Å². The van der Waals surface area contributed by atoms with E-state index in [2.05, 4.69) is 31.2 Å². The molecule has 0 spiro atoms. The van der Waals surface area contributed by atoms with Crippen LogP contribution in [0.5, 0.6) is 5.88 Å². The van der Waals surface area contributed by atoms with Crippen molar-refractivity contribution in [2.45, 2.75) is 50.9 Å². The van der Waals surface area contributed by atoms with E-state index in [1.165, 1.54) is 17.6 Å². The first kappa shape index (κ1) is 35.5. The van der Waals surface area contributed by atoms with Crippen LogP contribution < -0.4 is 31.6 Å². The third-order valence-electron chi connectivity index (χ3n) is 9.45. The summed E-state index contributed by atoms with van der Waals surface area (Å²) >= 11 is 14.1. The van der Waals surface area contributed by atoms with E-state index in [0.717, 1.165) is 18.4 Å². The number of pyridine rings is 2.